The van der Waals surface area contributed by atoms with Gasteiger partial charge in [0.25, 0.3) is 0 Å². The highest BCUT2D eigenvalue weighted by Gasteiger charge is 1.98. The number of nitriles is 1. The zero-order valence-electron chi connectivity index (χ0n) is 9.92. The largest absolute Gasteiger partial charge is 0.381 e. The van der Waals surface area contributed by atoms with Crippen molar-refractivity contribution in [1.82, 2.24) is 10.6 Å². The Morgan fingerprint density at radius 1 is 1.38 bits per heavy atom. The van der Waals surface area contributed by atoms with Gasteiger partial charge in [-0.25, -0.2) is 0 Å². The molecule has 0 aromatic rings. The van der Waals surface area contributed by atoms with Gasteiger partial charge < -0.3 is 15.4 Å². The fraction of sp³-hybridized carbons (Fsp3) is 0.818. The lowest BCUT2D eigenvalue weighted by Crippen LogP contribution is -2.34. The first-order chi connectivity index (χ1) is 7.81. The number of rotatable bonds is 10. The average Bonchev–Trinajstić information content (AvgIpc) is 2.28. The van der Waals surface area contributed by atoms with E-state index in [1.165, 1.54) is 0 Å². The number of nitrogens with one attached hydrogen (secondary N) is 2. The lowest BCUT2D eigenvalue weighted by atomic mass is 10.4. The van der Waals surface area contributed by atoms with Crippen molar-refractivity contribution in [2.45, 2.75) is 26.2 Å². The minimum absolute atomic E-state index is 0.0651. The molecule has 0 aliphatic heterocycles. The minimum atomic E-state index is -0.0651. The van der Waals surface area contributed by atoms with Crippen LogP contribution in [0.2, 0.25) is 0 Å². The molecule has 0 atom stereocenters. The Morgan fingerprint density at radius 3 is 2.88 bits per heavy atom. The topological polar surface area (TPSA) is 74.2 Å². The molecule has 0 aromatic heterocycles. The second-order valence-corrected chi connectivity index (χ2v) is 3.40. The molecule has 0 fully saturated rings. The molecule has 0 rings (SSSR count). The smallest absolute Gasteiger partial charge is 0.233 e. The molecular weight excluding hydrogens is 206 g/mol. The van der Waals surface area contributed by atoms with E-state index < -0.39 is 0 Å². The van der Waals surface area contributed by atoms with Gasteiger partial charge >= 0.3 is 0 Å². The summed E-state index contributed by atoms with van der Waals surface area (Å²) in [6, 6.07) is 1.97. The summed E-state index contributed by atoms with van der Waals surface area (Å²) in [5, 5.41) is 13.9. The molecule has 1 amide bonds. The van der Waals surface area contributed by atoms with Crippen LogP contribution in [-0.4, -0.2) is 38.8 Å². The molecule has 0 aliphatic carbocycles. The molecule has 2 N–H and O–H groups in total. The molecule has 0 radical (unpaired) electrons. The third kappa shape index (κ3) is 11.0. The molecule has 0 heterocycles. The maximum Gasteiger partial charge on any atom is 0.233 e. The van der Waals surface area contributed by atoms with E-state index in [2.05, 4.69) is 17.6 Å². The van der Waals surface area contributed by atoms with Crippen LogP contribution < -0.4 is 10.6 Å². The van der Waals surface area contributed by atoms with Gasteiger partial charge in [0.1, 0.15) is 0 Å². The fourth-order valence-electron chi connectivity index (χ4n) is 1.07. The van der Waals surface area contributed by atoms with Crippen LogP contribution in [0.25, 0.3) is 0 Å². The second-order valence-electron chi connectivity index (χ2n) is 3.40. The number of carbonyl (C=O) groups is 1. The van der Waals surface area contributed by atoms with E-state index in [1.807, 2.05) is 6.07 Å². The van der Waals surface area contributed by atoms with Gasteiger partial charge in [0, 0.05) is 19.8 Å². The van der Waals surface area contributed by atoms with Crippen LogP contribution in [-0.2, 0) is 9.53 Å². The highest BCUT2D eigenvalue weighted by molar-refractivity contribution is 5.77. The summed E-state index contributed by atoms with van der Waals surface area (Å²) in [4.78, 5) is 11.1. The molecule has 0 unspecified atom stereocenters. The summed E-state index contributed by atoms with van der Waals surface area (Å²) in [5.74, 6) is -0.0651. The van der Waals surface area contributed by atoms with E-state index in [4.69, 9.17) is 10.00 Å². The van der Waals surface area contributed by atoms with Gasteiger partial charge in [-0.1, -0.05) is 6.92 Å². The van der Waals surface area contributed by atoms with Crippen LogP contribution in [0.1, 0.15) is 26.2 Å². The van der Waals surface area contributed by atoms with Crippen LogP contribution in [0.4, 0.5) is 0 Å². The summed E-state index contributed by atoms with van der Waals surface area (Å²) in [6.07, 6.45) is 2.30. The van der Waals surface area contributed by atoms with Crippen molar-refractivity contribution in [3.63, 3.8) is 0 Å². The van der Waals surface area contributed by atoms with Gasteiger partial charge in [-0.2, -0.15) is 5.26 Å². The van der Waals surface area contributed by atoms with E-state index in [0.29, 0.717) is 19.5 Å². The van der Waals surface area contributed by atoms with Crippen LogP contribution in [0.5, 0.6) is 0 Å². The van der Waals surface area contributed by atoms with E-state index in [9.17, 15) is 4.79 Å². The first-order valence-electron chi connectivity index (χ1n) is 5.73. The van der Waals surface area contributed by atoms with E-state index >= 15 is 0 Å². The predicted molar refractivity (Wildman–Crippen MR) is 61.8 cm³/mol. The number of hydrogen-bond acceptors (Lipinski definition) is 4. The number of ether oxygens (including phenoxy) is 1. The van der Waals surface area contributed by atoms with Crippen LogP contribution >= 0.6 is 0 Å². The SMILES string of the molecule is CCCOCCCNCC(=O)NCCC#N. The highest BCUT2D eigenvalue weighted by Crippen LogP contribution is 1.83. The molecule has 0 aromatic carbocycles. The van der Waals surface area contributed by atoms with Gasteiger partial charge in [-0.15, -0.1) is 0 Å². The first kappa shape index (κ1) is 14.9. The number of amides is 1. The number of hydrogen-bond donors (Lipinski definition) is 2. The van der Waals surface area contributed by atoms with Crippen LogP contribution in [0.3, 0.4) is 0 Å². The van der Waals surface area contributed by atoms with Gasteiger partial charge in [0.15, 0.2) is 0 Å². The normalized spacial score (nSPS) is 9.75. The maximum atomic E-state index is 11.1. The number of carbonyl (C=O) groups excluding carboxylic acids is 1. The van der Waals surface area contributed by atoms with Gasteiger partial charge in [0.2, 0.25) is 5.91 Å². The van der Waals surface area contributed by atoms with Crippen molar-refractivity contribution < 1.29 is 9.53 Å². The Labute approximate surface area is 97.2 Å². The predicted octanol–water partition coefficient (Wildman–Crippen LogP) is 0.423. The summed E-state index contributed by atoms with van der Waals surface area (Å²) in [6.45, 7) is 5.11. The molecule has 0 saturated carbocycles. The van der Waals surface area contributed by atoms with Gasteiger partial charge in [-0.3, -0.25) is 4.79 Å². The third-order valence-electron chi connectivity index (χ3n) is 1.84. The molecule has 5 nitrogen and oxygen atoms in total. The first-order valence-corrected chi connectivity index (χ1v) is 5.73. The standard InChI is InChI=1S/C11H21N3O2/c1-2-8-16-9-4-6-13-10-11(15)14-7-3-5-12/h13H,2-4,6-10H2,1H3,(H,14,15). The van der Waals surface area contributed by atoms with E-state index in [-0.39, 0.29) is 5.91 Å². The average molecular weight is 227 g/mol. The summed E-state index contributed by atoms with van der Waals surface area (Å²) in [5.41, 5.74) is 0. The maximum absolute atomic E-state index is 11.1. The molecule has 92 valence electrons. The van der Waals surface area contributed by atoms with Crippen molar-refractivity contribution >= 4 is 5.91 Å². The Kier molecular flexibility index (Phi) is 11.1. The van der Waals surface area contributed by atoms with Crippen molar-refractivity contribution in [2.24, 2.45) is 0 Å². The third-order valence-corrected chi connectivity index (χ3v) is 1.84. The molecular formula is C11H21N3O2. The lowest BCUT2D eigenvalue weighted by Gasteiger charge is -2.05. The monoisotopic (exact) mass is 227 g/mol. The Hall–Kier alpha value is -1.12. The summed E-state index contributed by atoms with van der Waals surface area (Å²) >= 11 is 0. The summed E-state index contributed by atoms with van der Waals surface area (Å²) < 4.78 is 5.29. The molecule has 0 spiro atoms. The van der Waals surface area contributed by atoms with E-state index in [1.54, 1.807) is 0 Å². The quantitative estimate of drug-likeness (QED) is 0.530. The second kappa shape index (κ2) is 12.0. The Morgan fingerprint density at radius 2 is 2.19 bits per heavy atom. The van der Waals surface area contributed by atoms with Crippen molar-refractivity contribution in [2.75, 3.05) is 32.8 Å². The number of nitrogens with zero attached hydrogens (tertiary/aromatic N) is 1. The minimum Gasteiger partial charge on any atom is -0.381 e. The molecule has 16 heavy (non-hydrogen) atoms. The van der Waals surface area contributed by atoms with Gasteiger partial charge in [0.05, 0.1) is 19.0 Å². The highest BCUT2D eigenvalue weighted by atomic mass is 16.5. The van der Waals surface area contributed by atoms with Crippen molar-refractivity contribution in [3.05, 3.63) is 0 Å². The molecule has 0 aliphatic rings. The lowest BCUT2D eigenvalue weighted by molar-refractivity contribution is -0.120. The zero-order valence-corrected chi connectivity index (χ0v) is 9.92. The Balaban J connectivity index is 3.12. The molecule has 5 heteroatoms. The fourth-order valence-corrected chi connectivity index (χ4v) is 1.07. The summed E-state index contributed by atoms with van der Waals surface area (Å²) in [7, 11) is 0. The zero-order chi connectivity index (χ0) is 12.1. The van der Waals surface area contributed by atoms with E-state index in [0.717, 1.165) is 32.6 Å². The van der Waals surface area contributed by atoms with Gasteiger partial charge in [-0.05, 0) is 19.4 Å². The molecule has 0 saturated heterocycles. The Bertz CT molecular complexity index is 214. The van der Waals surface area contributed by atoms with Crippen LogP contribution in [0, 0.1) is 11.3 Å². The van der Waals surface area contributed by atoms with Crippen LogP contribution in [0.15, 0.2) is 0 Å². The molecule has 0 bridgehead atoms. The van der Waals surface area contributed by atoms with Crippen molar-refractivity contribution in [1.29, 1.82) is 5.26 Å². The van der Waals surface area contributed by atoms with Crippen molar-refractivity contribution in [3.8, 4) is 6.07 Å².